The first-order valence-corrected chi connectivity index (χ1v) is 9.97. The van der Waals surface area contributed by atoms with Crippen LogP contribution in [0.25, 0.3) is 11.1 Å². The van der Waals surface area contributed by atoms with Gasteiger partial charge in [0, 0.05) is 24.9 Å². The molecule has 0 aliphatic rings. The van der Waals surface area contributed by atoms with Crippen molar-refractivity contribution in [3.63, 3.8) is 0 Å². The molecule has 2 amide bonds. The number of rotatable bonds is 7. The van der Waals surface area contributed by atoms with Crippen LogP contribution in [0.3, 0.4) is 0 Å². The molecule has 0 radical (unpaired) electrons. The van der Waals surface area contributed by atoms with Crippen molar-refractivity contribution in [1.29, 1.82) is 0 Å². The van der Waals surface area contributed by atoms with Gasteiger partial charge in [-0.25, -0.2) is 4.79 Å². The van der Waals surface area contributed by atoms with Crippen molar-refractivity contribution >= 4 is 40.4 Å². The Labute approximate surface area is 166 Å². The lowest BCUT2D eigenvalue weighted by molar-refractivity contribution is -0.133. The van der Waals surface area contributed by atoms with Gasteiger partial charge in [0.15, 0.2) is 5.58 Å². The number of nitrogens with one attached hydrogen (secondary N) is 1. The van der Waals surface area contributed by atoms with Crippen LogP contribution in [0.1, 0.15) is 6.42 Å². The fourth-order valence-corrected chi connectivity index (χ4v) is 3.42. The Hall–Kier alpha value is -3.00. The van der Waals surface area contributed by atoms with Crippen molar-refractivity contribution < 1.29 is 14.0 Å². The number of oxazole rings is 1. The minimum atomic E-state index is -0.497. The predicted molar refractivity (Wildman–Crippen MR) is 110 cm³/mol. The van der Waals surface area contributed by atoms with Gasteiger partial charge in [-0.3, -0.25) is 14.2 Å². The third kappa shape index (κ3) is 4.45. The summed E-state index contributed by atoms with van der Waals surface area (Å²) in [7, 11) is 1.57. The average Bonchev–Trinajstić information content (AvgIpc) is 3.01. The Morgan fingerprint density at radius 3 is 2.64 bits per heavy atom. The van der Waals surface area contributed by atoms with Gasteiger partial charge in [-0.15, -0.1) is 11.8 Å². The number of likely N-dealkylation sites (N-methyl/N-ethyl adjacent to an activating group) is 1. The molecule has 7 nitrogen and oxygen atoms in total. The monoisotopic (exact) mass is 399 g/mol. The number of hydrogen-bond acceptors (Lipinski definition) is 5. The van der Waals surface area contributed by atoms with E-state index in [9.17, 15) is 14.4 Å². The van der Waals surface area contributed by atoms with Gasteiger partial charge < -0.3 is 14.6 Å². The Morgan fingerprint density at radius 2 is 1.86 bits per heavy atom. The summed E-state index contributed by atoms with van der Waals surface area (Å²) in [5.74, 6) is -1.00. The number of carbonyl (C=O) groups excluding carboxylic acids is 2. The quantitative estimate of drug-likeness (QED) is 0.618. The molecule has 0 saturated heterocycles. The van der Waals surface area contributed by atoms with Gasteiger partial charge in [0.25, 0.3) is 0 Å². The third-order valence-corrected chi connectivity index (χ3v) is 5.11. The Balaban J connectivity index is 1.58. The maximum absolute atomic E-state index is 12.4. The lowest BCUT2D eigenvalue weighted by Crippen LogP contribution is -2.35. The summed E-state index contributed by atoms with van der Waals surface area (Å²) in [5.41, 5.74) is 1.85. The van der Waals surface area contributed by atoms with Crippen LogP contribution in [-0.2, 0) is 16.1 Å². The Kier molecular flexibility index (Phi) is 6.20. The summed E-state index contributed by atoms with van der Waals surface area (Å²) in [6, 6.07) is 14.5. The molecular weight excluding hydrogens is 378 g/mol. The molecule has 3 rings (SSSR count). The molecule has 28 heavy (non-hydrogen) atoms. The number of carbonyl (C=O) groups is 2. The van der Waals surface area contributed by atoms with E-state index in [4.69, 9.17) is 4.42 Å². The molecule has 3 aromatic rings. The number of anilines is 1. The highest BCUT2D eigenvalue weighted by Gasteiger charge is 2.16. The zero-order valence-electron chi connectivity index (χ0n) is 15.7. The van der Waals surface area contributed by atoms with Crippen molar-refractivity contribution in [3.8, 4) is 0 Å². The van der Waals surface area contributed by atoms with Gasteiger partial charge in [-0.05, 0) is 30.5 Å². The maximum Gasteiger partial charge on any atom is 0.419 e. The van der Waals surface area contributed by atoms with Gasteiger partial charge in [-0.2, -0.15) is 0 Å². The number of para-hydroxylation sites is 3. The molecular formula is C20H21N3O4S. The van der Waals surface area contributed by atoms with E-state index >= 15 is 0 Å². The van der Waals surface area contributed by atoms with Gasteiger partial charge in [0.1, 0.15) is 0 Å². The number of hydrogen-bond donors (Lipinski definition) is 1. The first kappa shape index (κ1) is 19.8. The molecule has 0 fully saturated rings. The normalized spacial score (nSPS) is 10.8. The number of benzene rings is 2. The standard InChI is InChI=1S/C20H21N3O4S/c1-22(13-18(24)21-14-7-3-6-10-17(14)28-2)19(25)11-12-23-15-8-4-5-9-16(15)27-20(23)26/h3-10H,11-13H2,1-2H3,(H,21,24). The predicted octanol–water partition coefficient (Wildman–Crippen LogP) is 2.80. The molecule has 1 heterocycles. The van der Waals surface area contributed by atoms with Crippen LogP contribution in [0.5, 0.6) is 0 Å². The van der Waals surface area contributed by atoms with Gasteiger partial charge in [-0.1, -0.05) is 24.3 Å². The molecule has 2 aromatic carbocycles. The molecule has 1 N–H and O–H groups in total. The van der Waals surface area contributed by atoms with E-state index in [1.807, 2.05) is 30.5 Å². The van der Waals surface area contributed by atoms with E-state index in [1.54, 1.807) is 31.3 Å². The van der Waals surface area contributed by atoms with Crippen LogP contribution in [0.15, 0.2) is 62.6 Å². The van der Waals surface area contributed by atoms with Crippen LogP contribution in [0, 0.1) is 0 Å². The zero-order chi connectivity index (χ0) is 20.1. The molecule has 0 atom stereocenters. The summed E-state index contributed by atoms with van der Waals surface area (Å²) >= 11 is 1.53. The number of fused-ring (bicyclic) bond motifs is 1. The second kappa shape index (κ2) is 8.79. The first-order chi connectivity index (χ1) is 13.5. The van der Waals surface area contributed by atoms with E-state index < -0.39 is 5.76 Å². The fraction of sp³-hybridized carbons (Fsp3) is 0.250. The number of amides is 2. The lowest BCUT2D eigenvalue weighted by Gasteiger charge is -2.17. The van der Waals surface area contributed by atoms with Crippen LogP contribution < -0.4 is 11.1 Å². The minimum Gasteiger partial charge on any atom is -0.408 e. The van der Waals surface area contributed by atoms with E-state index in [0.717, 1.165) is 10.6 Å². The number of aryl methyl sites for hydroxylation is 1. The summed E-state index contributed by atoms with van der Waals surface area (Å²) in [5, 5.41) is 2.83. The Morgan fingerprint density at radius 1 is 1.14 bits per heavy atom. The molecule has 0 bridgehead atoms. The number of thioether (sulfide) groups is 1. The van der Waals surface area contributed by atoms with E-state index in [0.29, 0.717) is 11.1 Å². The van der Waals surface area contributed by atoms with E-state index in [2.05, 4.69) is 5.32 Å². The van der Waals surface area contributed by atoms with Gasteiger partial charge in [0.05, 0.1) is 17.7 Å². The number of aromatic nitrogens is 1. The summed E-state index contributed by atoms with van der Waals surface area (Å²) in [6.45, 7) is 0.124. The third-order valence-electron chi connectivity index (χ3n) is 4.31. The molecule has 146 valence electrons. The van der Waals surface area contributed by atoms with E-state index in [1.165, 1.54) is 21.2 Å². The molecule has 1 aromatic heterocycles. The topological polar surface area (TPSA) is 84.5 Å². The van der Waals surface area contributed by atoms with Crippen molar-refractivity contribution in [1.82, 2.24) is 9.47 Å². The van der Waals surface area contributed by atoms with Gasteiger partial charge >= 0.3 is 5.76 Å². The van der Waals surface area contributed by atoms with Crippen LogP contribution in [-0.4, -0.2) is 41.1 Å². The van der Waals surface area contributed by atoms with Crippen LogP contribution >= 0.6 is 11.8 Å². The van der Waals surface area contributed by atoms with Gasteiger partial charge in [0.2, 0.25) is 11.8 Å². The summed E-state index contributed by atoms with van der Waals surface area (Å²) in [6.07, 6.45) is 2.02. The average molecular weight is 399 g/mol. The molecule has 0 spiro atoms. The highest BCUT2D eigenvalue weighted by Crippen LogP contribution is 2.24. The second-order valence-electron chi connectivity index (χ2n) is 6.24. The van der Waals surface area contributed by atoms with Crippen LogP contribution in [0.4, 0.5) is 5.69 Å². The second-order valence-corrected chi connectivity index (χ2v) is 7.08. The summed E-state index contributed by atoms with van der Waals surface area (Å²) < 4.78 is 6.59. The molecule has 0 aliphatic carbocycles. The highest BCUT2D eigenvalue weighted by molar-refractivity contribution is 7.98. The SMILES string of the molecule is CSc1ccccc1NC(=O)CN(C)C(=O)CCn1c(=O)oc2ccccc21. The zero-order valence-corrected chi connectivity index (χ0v) is 16.5. The fourth-order valence-electron chi connectivity index (χ4n) is 2.87. The van der Waals surface area contributed by atoms with Crippen LogP contribution in [0.2, 0.25) is 0 Å². The van der Waals surface area contributed by atoms with Crippen molar-refractivity contribution in [2.75, 3.05) is 25.2 Å². The minimum absolute atomic E-state index is 0.0669. The smallest absolute Gasteiger partial charge is 0.408 e. The number of nitrogens with zero attached hydrogens (tertiary/aromatic N) is 2. The van der Waals surface area contributed by atoms with Crippen molar-refractivity contribution in [2.24, 2.45) is 0 Å². The highest BCUT2D eigenvalue weighted by atomic mass is 32.2. The first-order valence-electron chi connectivity index (χ1n) is 8.75. The summed E-state index contributed by atoms with van der Waals surface area (Å²) in [4.78, 5) is 38.9. The van der Waals surface area contributed by atoms with E-state index in [-0.39, 0.29) is 31.3 Å². The molecule has 0 saturated carbocycles. The molecule has 0 unspecified atom stereocenters. The molecule has 8 heteroatoms. The maximum atomic E-state index is 12.4. The molecule has 0 aliphatic heterocycles. The van der Waals surface area contributed by atoms with Crippen molar-refractivity contribution in [2.45, 2.75) is 17.9 Å². The Bertz CT molecular complexity index is 1060. The van der Waals surface area contributed by atoms with Crippen molar-refractivity contribution in [3.05, 3.63) is 59.1 Å². The lowest BCUT2D eigenvalue weighted by atomic mass is 10.3. The largest absolute Gasteiger partial charge is 0.419 e.